The summed E-state index contributed by atoms with van der Waals surface area (Å²) in [6.45, 7) is 4.69. The highest BCUT2D eigenvalue weighted by Crippen LogP contribution is 2.29. The van der Waals surface area contributed by atoms with Gasteiger partial charge in [-0.05, 0) is 38.1 Å². The fourth-order valence-corrected chi connectivity index (χ4v) is 2.21. The van der Waals surface area contributed by atoms with Crippen LogP contribution in [-0.4, -0.2) is 17.8 Å². The highest BCUT2D eigenvalue weighted by molar-refractivity contribution is 5.84. The second kappa shape index (κ2) is 6.17. The minimum absolute atomic E-state index is 0.0862. The topological polar surface area (TPSA) is 63.4 Å². The van der Waals surface area contributed by atoms with Crippen LogP contribution < -0.4 is 4.90 Å². The first-order valence-electron chi connectivity index (χ1n) is 6.64. The van der Waals surface area contributed by atoms with Gasteiger partial charge in [-0.1, -0.05) is 17.7 Å². The molecule has 5 nitrogen and oxygen atoms in total. The zero-order valence-corrected chi connectivity index (χ0v) is 11.9. The van der Waals surface area contributed by atoms with Crippen LogP contribution in [0.1, 0.15) is 22.8 Å². The maximum absolute atomic E-state index is 11.1. The van der Waals surface area contributed by atoms with E-state index in [2.05, 4.69) is 0 Å². The molecule has 0 aliphatic rings. The zero-order chi connectivity index (χ0) is 15.4. The number of benzene rings is 2. The number of rotatable bonds is 5. The number of hydrogen-bond donors (Lipinski definition) is 0. The lowest BCUT2D eigenvalue weighted by Gasteiger charge is -2.23. The second-order valence-electron chi connectivity index (χ2n) is 4.70. The summed E-state index contributed by atoms with van der Waals surface area (Å²) in [7, 11) is 0. The molecule has 0 N–H and O–H groups in total. The Labute approximate surface area is 123 Å². The smallest absolute Gasteiger partial charge is 0.280 e. The summed E-state index contributed by atoms with van der Waals surface area (Å²) < 4.78 is 0. The van der Waals surface area contributed by atoms with E-state index < -0.39 is 4.92 Å². The molecule has 0 atom stereocenters. The van der Waals surface area contributed by atoms with E-state index in [1.54, 1.807) is 12.1 Å². The first-order valence-corrected chi connectivity index (χ1v) is 6.64. The molecule has 0 bridgehead atoms. The largest absolute Gasteiger partial charge is 0.342 e. The Morgan fingerprint density at radius 1 is 1.14 bits per heavy atom. The molecule has 0 spiro atoms. The maximum Gasteiger partial charge on any atom is 0.280 e. The van der Waals surface area contributed by atoms with E-state index in [0.717, 1.165) is 16.9 Å². The summed E-state index contributed by atoms with van der Waals surface area (Å²) in [5.41, 5.74) is 2.81. The normalized spacial score (nSPS) is 10.2. The van der Waals surface area contributed by atoms with Crippen LogP contribution in [0.15, 0.2) is 42.5 Å². The number of anilines is 2. The first-order chi connectivity index (χ1) is 10.1. The van der Waals surface area contributed by atoms with Gasteiger partial charge in [0.2, 0.25) is 0 Å². The molecular formula is C16H16N2O3. The van der Waals surface area contributed by atoms with Gasteiger partial charge < -0.3 is 4.90 Å². The summed E-state index contributed by atoms with van der Waals surface area (Å²) >= 11 is 0. The molecule has 2 rings (SSSR count). The van der Waals surface area contributed by atoms with Crippen molar-refractivity contribution >= 4 is 23.3 Å². The van der Waals surface area contributed by atoms with E-state index in [1.807, 2.05) is 43.0 Å². The number of nitro groups is 1. The van der Waals surface area contributed by atoms with Gasteiger partial charge in [0.25, 0.3) is 5.69 Å². The fourth-order valence-electron chi connectivity index (χ4n) is 2.21. The van der Waals surface area contributed by atoms with Crippen molar-refractivity contribution in [3.63, 3.8) is 0 Å². The number of hydrogen-bond acceptors (Lipinski definition) is 4. The highest BCUT2D eigenvalue weighted by atomic mass is 16.6. The van der Waals surface area contributed by atoms with Crippen molar-refractivity contribution in [2.24, 2.45) is 0 Å². The third-order valence-electron chi connectivity index (χ3n) is 3.31. The molecule has 2 aromatic carbocycles. The molecule has 108 valence electrons. The molecule has 0 radical (unpaired) electrons. The van der Waals surface area contributed by atoms with Crippen LogP contribution in [-0.2, 0) is 0 Å². The van der Waals surface area contributed by atoms with Crippen molar-refractivity contribution in [2.75, 3.05) is 11.4 Å². The van der Waals surface area contributed by atoms with Gasteiger partial charge in [0.15, 0.2) is 6.29 Å². The standard InChI is InChI=1S/C16H16N2O3/c1-3-17(14-6-4-12(2)5-7-14)15-8-9-16(18(20)21)13(10-15)11-19/h4-11H,3H2,1-2H3. The van der Waals surface area contributed by atoms with E-state index in [0.29, 0.717) is 12.8 Å². The number of aryl methyl sites for hydroxylation is 1. The van der Waals surface area contributed by atoms with E-state index in [9.17, 15) is 14.9 Å². The van der Waals surface area contributed by atoms with E-state index in [4.69, 9.17) is 0 Å². The van der Waals surface area contributed by atoms with Gasteiger partial charge in [-0.2, -0.15) is 0 Å². The van der Waals surface area contributed by atoms with Gasteiger partial charge in [0.1, 0.15) is 0 Å². The molecule has 5 heteroatoms. The molecule has 0 fully saturated rings. The summed E-state index contributed by atoms with van der Waals surface area (Å²) in [4.78, 5) is 23.4. The van der Waals surface area contributed by atoms with Gasteiger partial charge in [-0.15, -0.1) is 0 Å². The van der Waals surface area contributed by atoms with Crippen molar-refractivity contribution in [3.8, 4) is 0 Å². The summed E-state index contributed by atoms with van der Waals surface area (Å²) in [5.74, 6) is 0. The van der Waals surface area contributed by atoms with E-state index in [-0.39, 0.29) is 11.3 Å². The molecule has 0 aliphatic heterocycles. The third-order valence-corrected chi connectivity index (χ3v) is 3.31. The predicted molar refractivity (Wildman–Crippen MR) is 82.3 cm³/mol. The highest BCUT2D eigenvalue weighted by Gasteiger charge is 2.16. The second-order valence-corrected chi connectivity index (χ2v) is 4.70. The molecule has 0 aromatic heterocycles. The Bertz CT molecular complexity index is 666. The summed E-state index contributed by atoms with van der Waals surface area (Å²) in [5, 5.41) is 10.9. The third kappa shape index (κ3) is 3.08. The van der Waals surface area contributed by atoms with Crippen molar-refractivity contribution in [2.45, 2.75) is 13.8 Å². The number of carbonyl (C=O) groups is 1. The fraction of sp³-hybridized carbons (Fsp3) is 0.188. The Morgan fingerprint density at radius 3 is 2.29 bits per heavy atom. The quantitative estimate of drug-likeness (QED) is 0.475. The minimum atomic E-state index is -0.546. The molecule has 0 heterocycles. The number of aldehydes is 1. The molecular weight excluding hydrogens is 268 g/mol. The Balaban J connectivity index is 2.45. The molecule has 2 aromatic rings. The van der Waals surface area contributed by atoms with Gasteiger partial charge >= 0.3 is 0 Å². The van der Waals surface area contributed by atoms with Crippen molar-refractivity contribution in [1.29, 1.82) is 0 Å². The molecule has 0 saturated heterocycles. The number of nitrogens with zero attached hydrogens (tertiary/aromatic N) is 2. The van der Waals surface area contributed by atoms with Crippen molar-refractivity contribution < 1.29 is 9.72 Å². The zero-order valence-electron chi connectivity index (χ0n) is 11.9. The monoisotopic (exact) mass is 284 g/mol. The minimum Gasteiger partial charge on any atom is -0.342 e. The number of carbonyl (C=O) groups excluding carboxylic acids is 1. The van der Waals surface area contributed by atoms with E-state index >= 15 is 0 Å². The van der Waals surface area contributed by atoms with Gasteiger partial charge in [0, 0.05) is 24.0 Å². The van der Waals surface area contributed by atoms with Crippen molar-refractivity contribution in [3.05, 3.63) is 63.7 Å². The lowest BCUT2D eigenvalue weighted by atomic mass is 10.1. The first kappa shape index (κ1) is 14.7. The summed E-state index contributed by atoms with van der Waals surface area (Å²) in [6, 6.07) is 12.6. The summed E-state index contributed by atoms with van der Waals surface area (Å²) in [6.07, 6.45) is 0.518. The number of nitro benzene ring substituents is 1. The lowest BCUT2D eigenvalue weighted by Crippen LogP contribution is -2.16. The van der Waals surface area contributed by atoms with Crippen molar-refractivity contribution in [1.82, 2.24) is 0 Å². The van der Waals surface area contributed by atoms with Crippen LogP contribution in [0, 0.1) is 17.0 Å². The van der Waals surface area contributed by atoms with Crippen LogP contribution in [0.5, 0.6) is 0 Å². The molecule has 0 aliphatic carbocycles. The molecule has 21 heavy (non-hydrogen) atoms. The van der Waals surface area contributed by atoms with Gasteiger partial charge in [-0.25, -0.2) is 0 Å². The van der Waals surface area contributed by atoms with Crippen LogP contribution in [0.2, 0.25) is 0 Å². The Morgan fingerprint density at radius 2 is 1.76 bits per heavy atom. The van der Waals surface area contributed by atoms with Crippen LogP contribution in [0.4, 0.5) is 17.1 Å². The van der Waals surface area contributed by atoms with Crippen LogP contribution >= 0.6 is 0 Å². The molecule has 0 unspecified atom stereocenters. The van der Waals surface area contributed by atoms with Gasteiger partial charge in [-0.3, -0.25) is 14.9 Å². The average molecular weight is 284 g/mol. The maximum atomic E-state index is 11.1. The molecule has 0 saturated carbocycles. The predicted octanol–water partition coefficient (Wildman–Crippen LogP) is 3.87. The lowest BCUT2D eigenvalue weighted by molar-refractivity contribution is -0.385. The Hall–Kier alpha value is -2.69. The average Bonchev–Trinajstić information content (AvgIpc) is 2.49. The van der Waals surface area contributed by atoms with Crippen LogP contribution in [0.3, 0.4) is 0 Å². The SMILES string of the molecule is CCN(c1ccc(C)cc1)c1ccc([N+](=O)[O-])c(C=O)c1. The Kier molecular flexibility index (Phi) is 4.33. The van der Waals surface area contributed by atoms with Gasteiger partial charge in [0.05, 0.1) is 10.5 Å². The molecule has 0 amide bonds. The van der Waals surface area contributed by atoms with E-state index in [1.165, 1.54) is 6.07 Å². The van der Waals surface area contributed by atoms with Crippen LogP contribution in [0.25, 0.3) is 0 Å².